The van der Waals surface area contributed by atoms with E-state index in [1.807, 2.05) is 30.3 Å². The van der Waals surface area contributed by atoms with Gasteiger partial charge in [-0.2, -0.15) is 0 Å². The summed E-state index contributed by atoms with van der Waals surface area (Å²) in [6, 6.07) is 10.3. The van der Waals surface area contributed by atoms with Gasteiger partial charge in [0.25, 0.3) is 0 Å². The van der Waals surface area contributed by atoms with Gasteiger partial charge in [-0.3, -0.25) is 0 Å². The molecule has 0 aromatic heterocycles. The van der Waals surface area contributed by atoms with Crippen LogP contribution >= 0.6 is 0 Å². The molecule has 14 heavy (non-hydrogen) atoms. The smallest absolute Gasteiger partial charge is 0.119 e. The number of benzene rings is 1. The molecule has 1 aliphatic carbocycles. The summed E-state index contributed by atoms with van der Waals surface area (Å²) in [5, 5.41) is 0. The summed E-state index contributed by atoms with van der Waals surface area (Å²) < 4.78 is 5.68. The number of ether oxygens (including phenoxy) is 1. The second-order valence-electron chi connectivity index (χ2n) is 3.98. The summed E-state index contributed by atoms with van der Waals surface area (Å²) in [6.07, 6.45) is 3.63. The molecule has 2 rings (SSSR count). The molecule has 0 heterocycles. The number of hydrogen-bond donors (Lipinski definition) is 1. The third-order valence-electron chi connectivity index (χ3n) is 2.93. The molecule has 1 saturated carbocycles. The van der Waals surface area contributed by atoms with Crippen molar-refractivity contribution in [3.8, 4) is 5.75 Å². The van der Waals surface area contributed by atoms with Gasteiger partial charge in [0.2, 0.25) is 0 Å². The highest BCUT2D eigenvalue weighted by molar-refractivity contribution is 5.20. The molecule has 76 valence electrons. The zero-order valence-corrected chi connectivity index (χ0v) is 8.36. The van der Waals surface area contributed by atoms with Crippen LogP contribution in [0, 0.1) is 5.92 Å². The SMILES string of the molecule is N[C@H]1CCC[C@@H]1COc1ccccc1. The average molecular weight is 191 g/mol. The second-order valence-corrected chi connectivity index (χ2v) is 3.98. The van der Waals surface area contributed by atoms with Crippen LogP contribution in [0.25, 0.3) is 0 Å². The maximum absolute atomic E-state index is 5.96. The summed E-state index contributed by atoms with van der Waals surface area (Å²) in [6.45, 7) is 0.769. The Morgan fingerprint density at radius 2 is 2.00 bits per heavy atom. The van der Waals surface area contributed by atoms with Crippen LogP contribution in [0.1, 0.15) is 19.3 Å². The number of nitrogens with two attached hydrogens (primary N) is 1. The van der Waals surface area contributed by atoms with Gasteiger partial charge in [0.15, 0.2) is 0 Å². The van der Waals surface area contributed by atoms with Gasteiger partial charge >= 0.3 is 0 Å². The highest BCUT2D eigenvalue weighted by Gasteiger charge is 2.24. The van der Waals surface area contributed by atoms with Crippen LogP contribution in [0.5, 0.6) is 5.75 Å². The van der Waals surface area contributed by atoms with Crippen molar-refractivity contribution < 1.29 is 4.74 Å². The highest BCUT2D eigenvalue weighted by atomic mass is 16.5. The van der Waals surface area contributed by atoms with Crippen molar-refractivity contribution in [2.45, 2.75) is 25.3 Å². The lowest BCUT2D eigenvalue weighted by Crippen LogP contribution is -2.28. The van der Waals surface area contributed by atoms with Crippen LogP contribution in [0.2, 0.25) is 0 Å². The molecule has 0 radical (unpaired) electrons. The summed E-state index contributed by atoms with van der Waals surface area (Å²) in [5.74, 6) is 1.50. The molecule has 0 spiro atoms. The van der Waals surface area contributed by atoms with E-state index in [0.717, 1.165) is 18.8 Å². The van der Waals surface area contributed by atoms with Gasteiger partial charge in [0, 0.05) is 12.0 Å². The zero-order valence-electron chi connectivity index (χ0n) is 8.36. The predicted molar refractivity (Wildman–Crippen MR) is 57.3 cm³/mol. The van der Waals surface area contributed by atoms with Crippen LogP contribution in [0.15, 0.2) is 30.3 Å². The van der Waals surface area contributed by atoms with E-state index < -0.39 is 0 Å². The Bertz CT molecular complexity index is 273. The third-order valence-corrected chi connectivity index (χ3v) is 2.93. The summed E-state index contributed by atoms with van der Waals surface area (Å²) in [5.41, 5.74) is 5.96. The normalized spacial score (nSPS) is 26.4. The van der Waals surface area contributed by atoms with Gasteiger partial charge < -0.3 is 10.5 Å². The minimum atomic E-state index is 0.346. The molecule has 0 bridgehead atoms. The van der Waals surface area contributed by atoms with Crippen molar-refractivity contribution in [3.63, 3.8) is 0 Å². The van der Waals surface area contributed by atoms with Crippen LogP contribution in [0.3, 0.4) is 0 Å². The molecular weight excluding hydrogens is 174 g/mol. The monoisotopic (exact) mass is 191 g/mol. The van der Waals surface area contributed by atoms with Crippen molar-refractivity contribution in [1.82, 2.24) is 0 Å². The maximum Gasteiger partial charge on any atom is 0.119 e. The molecule has 0 aliphatic heterocycles. The maximum atomic E-state index is 5.96. The second kappa shape index (κ2) is 4.47. The fourth-order valence-corrected chi connectivity index (χ4v) is 1.99. The van der Waals surface area contributed by atoms with E-state index in [9.17, 15) is 0 Å². The lowest BCUT2D eigenvalue weighted by Gasteiger charge is -2.15. The van der Waals surface area contributed by atoms with Crippen molar-refractivity contribution in [2.75, 3.05) is 6.61 Å². The van der Waals surface area contributed by atoms with E-state index in [1.54, 1.807) is 0 Å². The largest absolute Gasteiger partial charge is 0.493 e. The number of rotatable bonds is 3. The van der Waals surface area contributed by atoms with Crippen molar-refractivity contribution in [3.05, 3.63) is 30.3 Å². The Morgan fingerprint density at radius 3 is 2.64 bits per heavy atom. The Balaban J connectivity index is 1.82. The topological polar surface area (TPSA) is 35.2 Å². The lowest BCUT2D eigenvalue weighted by molar-refractivity contribution is 0.239. The molecule has 1 aromatic rings. The number of hydrogen-bond acceptors (Lipinski definition) is 2. The molecule has 0 unspecified atom stereocenters. The van der Waals surface area contributed by atoms with E-state index in [-0.39, 0.29) is 0 Å². The quantitative estimate of drug-likeness (QED) is 0.795. The van der Waals surface area contributed by atoms with Gasteiger partial charge in [-0.25, -0.2) is 0 Å². The molecular formula is C12H17NO. The Kier molecular flexibility index (Phi) is 3.04. The summed E-state index contributed by atoms with van der Waals surface area (Å²) in [7, 11) is 0. The Morgan fingerprint density at radius 1 is 1.21 bits per heavy atom. The molecule has 0 saturated heterocycles. The van der Waals surface area contributed by atoms with Crippen molar-refractivity contribution in [2.24, 2.45) is 11.7 Å². The molecule has 2 N–H and O–H groups in total. The van der Waals surface area contributed by atoms with Gasteiger partial charge in [0.1, 0.15) is 5.75 Å². The standard InChI is InChI=1S/C12H17NO/c13-12-8-4-5-10(12)9-14-11-6-2-1-3-7-11/h1-3,6-7,10,12H,4-5,8-9,13H2/t10-,12+/m1/s1. The molecule has 0 amide bonds. The molecule has 2 atom stereocenters. The van der Waals surface area contributed by atoms with Gasteiger partial charge in [-0.1, -0.05) is 24.6 Å². The molecule has 1 aliphatic rings. The first kappa shape index (κ1) is 9.53. The average Bonchev–Trinajstić information content (AvgIpc) is 2.63. The number of para-hydroxylation sites is 1. The summed E-state index contributed by atoms with van der Waals surface area (Å²) in [4.78, 5) is 0. The minimum absolute atomic E-state index is 0.346. The van der Waals surface area contributed by atoms with Crippen LogP contribution < -0.4 is 10.5 Å². The fourth-order valence-electron chi connectivity index (χ4n) is 1.99. The van der Waals surface area contributed by atoms with Crippen LogP contribution in [-0.4, -0.2) is 12.6 Å². The molecule has 1 fully saturated rings. The highest BCUT2D eigenvalue weighted by Crippen LogP contribution is 2.24. The van der Waals surface area contributed by atoms with Crippen molar-refractivity contribution in [1.29, 1.82) is 0 Å². The van der Waals surface area contributed by atoms with E-state index >= 15 is 0 Å². The summed E-state index contributed by atoms with van der Waals surface area (Å²) >= 11 is 0. The van der Waals surface area contributed by atoms with Gasteiger partial charge in [0.05, 0.1) is 6.61 Å². The zero-order chi connectivity index (χ0) is 9.80. The van der Waals surface area contributed by atoms with E-state index in [4.69, 9.17) is 10.5 Å². The third kappa shape index (κ3) is 2.26. The first-order valence-electron chi connectivity index (χ1n) is 5.29. The first-order chi connectivity index (χ1) is 6.86. The van der Waals surface area contributed by atoms with Crippen molar-refractivity contribution >= 4 is 0 Å². The molecule has 2 heteroatoms. The Hall–Kier alpha value is -1.02. The lowest BCUT2D eigenvalue weighted by atomic mass is 10.1. The van der Waals surface area contributed by atoms with Crippen LogP contribution in [0.4, 0.5) is 0 Å². The van der Waals surface area contributed by atoms with E-state index in [0.29, 0.717) is 12.0 Å². The van der Waals surface area contributed by atoms with E-state index in [1.165, 1.54) is 12.8 Å². The Labute approximate surface area is 85.1 Å². The first-order valence-corrected chi connectivity index (χ1v) is 5.29. The van der Waals surface area contributed by atoms with Gasteiger partial charge in [-0.05, 0) is 25.0 Å². The molecule has 1 aromatic carbocycles. The minimum Gasteiger partial charge on any atom is -0.493 e. The predicted octanol–water partition coefficient (Wildman–Crippen LogP) is 2.19. The van der Waals surface area contributed by atoms with Crippen LogP contribution in [-0.2, 0) is 0 Å². The fraction of sp³-hybridized carbons (Fsp3) is 0.500. The van der Waals surface area contributed by atoms with E-state index in [2.05, 4.69) is 0 Å². The van der Waals surface area contributed by atoms with Gasteiger partial charge in [-0.15, -0.1) is 0 Å². The molecule has 2 nitrogen and oxygen atoms in total.